The molecule has 0 fully saturated rings. The average molecular weight is 553 g/mol. The van der Waals surface area contributed by atoms with Crippen LogP contribution in [-0.2, 0) is 17.8 Å². The third-order valence-corrected chi connectivity index (χ3v) is 6.93. The molecule has 0 aliphatic heterocycles. The van der Waals surface area contributed by atoms with Crippen LogP contribution < -0.4 is 16.0 Å². The number of rotatable bonds is 11. The molecule has 2 unspecified atom stereocenters. The van der Waals surface area contributed by atoms with Crippen LogP contribution >= 0.6 is 0 Å². The van der Waals surface area contributed by atoms with Gasteiger partial charge in [0.25, 0.3) is 5.91 Å². The number of furan rings is 1. The molecule has 0 bridgehead atoms. The Kier molecular flexibility index (Phi) is 9.67. The Labute approximate surface area is 239 Å². The van der Waals surface area contributed by atoms with Gasteiger partial charge < -0.3 is 20.4 Å². The topological polar surface area (TPSA) is 107 Å². The number of benzene rings is 3. The lowest BCUT2D eigenvalue weighted by Gasteiger charge is -2.19. The van der Waals surface area contributed by atoms with Crippen molar-refractivity contribution in [3.8, 4) is 17.4 Å². The molecule has 3 N–H and O–H groups in total. The molecule has 0 aliphatic carbocycles. The summed E-state index contributed by atoms with van der Waals surface area (Å²) in [5.74, 6) is -0.344. The highest BCUT2D eigenvalue weighted by molar-refractivity contribution is 5.96. The molecule has 4 aromatic rings. The summed E-state index contributed by atoms with van der Waals surface area (Å²) >= 11 is 0. The van der Waals surface area contributed by atoms with E-state index < -0.39 is 17.8 Å². The predicted molar refractivity (Wildman–Crippen MR) is 155 cm³/mol. The first kappa shape index (κ1) is 29.2. The van der Waals surface area contributed by atoms with Gasteiger partial charge in [-0.05, 0) is 73.9 Å². The van der Waals surface area contributed by atoms with Crippen molar-refractivity contribution >= 4 is 11.8 Å². The van der Waals surface area contributed by atoms with E-state index in [1.165, 1.54) is 30.3 Å². The predicted octanol–water partition coefficient (Wildman–Crippen LogP) is 5.59. The van der Waals surface area contributed by atoms with E-state index in [1.807, 2.05) is 6.07 Å². The van der Waals surface area contributed by atoms with Crippen LogP contribution in [0.3, 0.4) is 0 Å². The largest absolute Gasteiger partial charge is 0.460 e. The fraction of sp³-hybridized carbons (Fsp3) is 0.242. The molecule has 2 atom stereocenters. The summed E-state index contributed by atoms with van der Waals surface area (Å²) in [6.07, 6.45) is 0.348. The molecule has 1 heterocycles. The highest BCUT2D eigenvalue weighted by Gasteiger charge is 2.21. The van der Waals surface area contributed by atoms with Crippen LogP contribution in [0.15, 0.2) is 83.3 Å². The van der Waals surface area contributed by atoms with Crippen LogP contribution in [-0.4, -0.2) is 24.9 Å². The molecule has 0 radical (unpaired) electrons. The fourth-order valence-electron chi connectivity index (χ4n) is 4.47. The molecule has 210 valence electrons. The van der Waals surface area contributed by atoms with Gasteiger partial charge in [0, 0.05) is 31.1 Å². The summed E-state index contributed by atoms with van der Waals surface area (Å²) in [7, 11) is 1.52. The average Bonchev–Trinajstić information content (AvgIpc) is 3.46. The first-order valence-corrected chi connectivity index (χ1v) is 13.4. The summed E-state index contributed by atoms with van der Waals surface area (Å²) in [6, 6.07) is 24.7. The molecular weight excluding hydrogens is 519 g/mol. The van der Waals surface area contributed by atoms with Gasteiger partial charge in [0.1, 0.15) is 17.3 Å². The molecule has 0 saturated carbocycles. The van der Waals surface area contributed by atoms with Gasteiger partial charge in [0.15, 0.2) is 0 Å². The van der Waals surface area contributed by atoms with Crippen LogP contribution in [0.5, 0.6) is 0 Å². The second-order valence-corrected chi connectivity index (χ2v) is 10.0. The smallest absolute Gasteiger partial charge is 0.254 e. The van der Waals surface area contributed by atoms with Gasteiger partial charge >= 0.3 is 0 Å². The molecule has 0 spiro atoms. The first-order valence-electron chi connectivity index (χ1n) is 13.4. The Morgan fingerprint density at radius 3 is 2.41 bits per heavy atom. The van der Waals surface area contributed by atoms with E-state index in [2.05, 4.69) is 60.1 Å². The number of hydrogen-bond donors (Lipinski definition) is 3. The van der Waals surface area contributed by atoms with Gasteiger partial charge in [-0.2, -0.15) is 5.26 Å². The molecule has 2 amide bonds. The quantitative estimate of drug-likeness (QED) is 0.225. The first-order chi connectivity index (χ1) is 19.7. The van der Waals surface area contributed by atoms with Crippen LogP contribution in [0.1, 0.15) is 57.8 Å². The molecule has 7 nitrogen and oxygen atoms in total. The Morgan fingerprint density at radius 1 is 1.00 bits per heavy atom. The van der Waals surface area contributed by atoms with E-state index in [9.17, 15) is 14.0 Å². The fourth-order valence-corrected chi connectivity index (χ4v) is 4.47. The van der Waals surface area contributed by atoms with E-state index in [0.29, 0.717) is 35.6 Å². The number of aryl methyl sites for hydroxylation is 1. The number of amides is 2. The lowest BCUT2D eigenvalue weighted by Crippen LogP contribution is -2.40. The van der Waals surface area contributed by atoms with Crippen LogP contribution in [0.25, 0.3) is 11.3 Å². The second kappa shape index (κ2) is 13.6. The van der Waals surface area contributed by atoms with Gasteiger partial charge in [-0.1, -0.05) is 42.0 Å². The SMILES string of the molecule is CNC(=O)CC(Cc1ccc(C#N)cc1)NC(=O)c1cc(-c2ccc(CNC(C)c3ccc(C)cc3)o2)ccc1F. The number of carbonyl (C=O) groups excluding carboxylic acids is 2. The number of nitrogens with zero attached hydrogens (tertiary/aromatic N) is 1. The van der Waals surface area contributed by atoms with Gasteiger partial charge in [-0.15, -0.1) is 0 Å². The zero-order chi connectivity index (χ0) is 29.4. The van der Waals surface area contributed by atoms with Crippen molar-refractivity contribution in [1.29, 1.82) is 5.26 Å². The maximum absolute atomic E-state index is 14.8. The normalized spacial score (nSPS) is 12.3. The highest BCUT2D eigenvalue weighted by atomic mass is 19.1. The molecule has 8 heteroatoms. The lowest BCUT2D eigenvalue weighted by atomic mass is 10.0. The minimum absolute atomic E-state index is 0.0130. The van der Waals surface area contributed by atoms with Crippen molar-refractivity contribution in [3.05, 3.63) is 118 Å². The minimum Gasteiger partial charge on any atom is -0.460 e. The summed E-state index contributed by atoms with van der Waals surface area (Å²) in [5.41, 5.74) is 4.14. The van der Waals surface area contributed by atoms with Crippen molar-refractivity contribution in [2.75, 3.05) is 7.05 Å². The standard InChI is InChI=1S/C33H33FN4O3/c1-21-4-10-25(11-5-21)22(2)37-20-28-13-15-31(41-28)26-12-14-30(34)29(17-26)33(40)38-27(18-32(39)36-3)16-23-6-8-24(19-35)9-7-23/h4-15,17,22,27,37H,16,18,20H2,1-3H3,(H,36,39)(H,38,40). The number of halogens is 1. The maximum atomic E-state index is 14.8. The van der Waals surface area contributed by atoms with Crippen molar-refractivity contribution in [1.82, 2.24) is 16.0 Å². The van der Waals surface area contributed by atoms with Crippen molar-refractivity contribution in [2.24, 2.45) is 0 Å². The molecular formula is C33H33FN4O3. The van der Waals surface area contributed by atoms with Gasteiger partial charge in [-0.3, -0.25) is 9.59 Å². The molecule has 0 saturated heterocycles. The Hall–Kier alpha value is -4.74. The number of nitrogens with one attached hydrogen (secondary N) is 3. The number of carbonyl (C=O) groups is 2. The van der Waals surface area contributed by atoms with Crippen LogP contribution in [0, 0.1) is 24.1 Å². The molecule has 41 heavy (non-hydrogen) atoms. The van der Waals surface area contributed by atoms with Crippen molar-refractivity contribution < 1.29 is 18.4 Å². The monoisotopic (exact) mass is 552 g/mol. The summed E-state index contributed by atoms with van der Waals surface area (Å²) in [4.78, 5) is 25.3. The summed E-state index contributed by atoms with van der Waals surface area (Å²) in [6.45, 7) is 4.63. The van der Waals surface area contributed by atoms with Crippen molar-refractivity contribution in [3.63, 3.8) is 0 Å². The Balaban J connectivity index is 1.45. The molecule has 0 aliphatic rings. The van der Waals surface area contributed by atoms with E-state index in [-0.39, 0.29) is 23.9 Å². The number of hydrogen-bond acceptors (Lipinski definition) is 5. The molecule has 4 rings (SSSR count). The Morgan fingerprint density at radius 2 is 1.73 bits per heavy atom. The zero-order valence-electron chi connectivity index (χ0n) is 23.3. The third-order valence-electron chi connectivity index (χ3n) is 6.93. The summed E-state index contributed by atoms with van der Waals surface area (Å²) < 4.78 is 20.8. The van der Waals surface area contributed by atoms with Crippen LogP contribution in [0.4, 0.5) is 4.39 Å². The van der Waals surface area contributed by atoms with Gasteiger partial charge in [0.2, 0.25) is 5.91 Å². The minimum atomic E-state index is -0.677. The number of nitriles is 1. The zero-order valence-corrected chi connectivity index (χ0v) is 23.3. The van der Waals surface area contributed by atoms with Crippen LogP contribution in [0.2, 0.25) is 0 Å². The van der Waals surface area contributed by atoms with Crippen molar-refractivity contribution in [2.45, 2.75) is 45.3 Å². The van der Waals surface area contributed by atoms with E-state index in [1.54, 1.807) is 36.4 Å². The molecule has 3 aromatic carbocycles. The van der Waals surface area contributed by atoms with Gasteiger partial charge in [0.05, 0.1) is 23.7 Å². The summed E-state index contributed by atoms with van der Waals surface area (Å²) in [5, 5.41) is 17.8. The van der Waals surface area contributed by atoms with E-state index >= 15 is 0 Å². The Bertz CT molecular complexity index is 1540. The third kappa shape index (κ3) is 7.90. The lowest BCUT2D eigenvalue weighted by molar-refractivity contribution is -0.121. The van der Waals surface area contributed by atoms with E-state index in [0.717, 1.165) is 5.56 Å². The van der Waals surface area contributed by atoms with Gasteiger partial charge in [-0.25, -0.2) is 4.39 Å². The second-order valence-electron chi connectivity index (χ2n) is 10.0. The molecule has 1 aromatic heterocycles. The highest BCUT2D eigenvalue weighted by Crippen LogP contribution is 2.25. The maximum Gasteiger partial charge on any atom is 0.254 e. The van der Waals surface area contributed by atoms with E-state index in [4.69, 9.17) is 9.68 Å².